The molecule has 1 heterocycles. The third-order valence-corrected chi connectivity index (χ3v) is 3.21. The van der Waals surface area contributed by atoms with E-state index in [4.69, 9.17) is 0 Å². The number of anilines is 1. The van der Waals surface area contributed by atoms with Crippen molar-refractivity contribution in [1.82, 2.24) is 9.55 Å². The van der Waals surface area contributed by atoms with Crippen molar-refractivity contribution in [1.29, 1.82) is 0 Å². The Morgan fingerprint density at radius 3 is 2.94 bits per heavy atom. The Kier molecular flexibility index (Phi) is 3.00. The Labute approximate surface area is 106 Å². The zero-order chi connectivity index (χ0) is 12.4. The summed E-state index contributed by atoms with van der Waals surface area (Å²) >= 11 is 0. The van der Waals surface area contributed by atoms with Gasteiger partial charge in [-0.2, -0.15) is 0 Å². The normalized spacial score (nSPS) is 14.7. The van der Waals surface area contributed by atoms with Crippen LogP contribution in [-0.2, 0) is 13.0 Å². The van der Waals surface area contributed by atoms with Crippen molar-refractivity contribution in [3.63, 3.8) is 0 Å². The van der Waals surface area contributed by atoms with E-state index in [2.05, 4.69) is 10.3 Å². The molecule has 0 saturated heterocycles. The summed E-state index contributed by atoms with van der Waals surface area (Å²) in [5.41, 5.74) is 0.753. The van der Waals surface area contributed by atoms with Gasteiger partial charge in [0, 0.05) is 25.0 Å². The van der Waals surface area contributed by atoms with E-state index in [0.717, 1.165) is 18.1 Å². The number of aromatic nitrogens is 2. The van der Waals surface area contributed by atoms with Gasteiger partial charge in [-0.25, -0.2) is 9.37 Å². The summed E-state index contributed by atoms with van der Waals surface area (Å²) < 4.78 is 15.5. The second kappa shape index (κ2) is 4.80. The average molecular weight is 245 g/mol. The van der Waals surface area contributed by atoms with Crippen LogP contribution < -0.4 is 5.32 Å². The molecule has 18 heavy (non-hydrogen) atoms. The van der Waals surface area contributed by atoms with E-state index in [1.807, 2.05) is 22.9 Å². The molecule has 4 heteroatoms. The van der Waals surface area contributed by atoms with Crippen molar-refractivity contribution < 1.29 is 4.39 Å². The molecule has 0 bridgehead atoms. The zero-order valence-electron chi connectivity index (χ0n) is 10.1. The minimum absolute atomic E-state index is 0.130. The Bertz CT molecular complexity index is 531. The first-order chi connectivity index (χ1) is 8.83. The van der Waals surface area contributed by atoms with Crippen LogP contribution in [0.1, 0.15) is 18.4 Å². The predicted octanol–water partition coefficient (Wildman–Crippen LogP) is 2.84. The van der Waals surface area contributed by atoms with Gasteiger partial charge in [0.15, 0.2) is 0 Å². The van der Waals surface area contributed by atoms with Gasteiger partial charge >= 0.3 is 0 Å². The first-order valence-corrected chi connectivity index (χ1v) is 6.34. The molecular formula is C14H16FN3. The van der Waals surface area contributed by atoms with Gasteiger partial charge in [0.25, 0.3) is 0 Å². The van der Waals surface area contributed by atoms with Gasteiger partial charge in [-0.15, -0.1) is 0 Å². The number of halogens is 1. The van der Waals surface area contributed by atoms with Crippen LogP contribution in [0.25, 0.3) is 0 Å². The van der Waals surface area contributed by atoms with Crippen molar-refractivity contribution in [2.24, 2.45) is 0 Å². The number of imidazole rings is 1. The molecule has 94 valence electrons. The highest BCUT2D eigenvalue weighted by molar-refractivity contribution is 5.30. The van der Waals surface area contributed by atoms with Crippen LogP contribution in [0.2, 0.25) is 0 Å². The van der Waals surface area contributed by atoms with Crippen molar-refractivity contribution in [3.8, 4) is 0 Å². The van der Waals surface area contributed by atoms with Crippen LogP contribution in [0.4, 0.5) is 10.3 Å². The molecule has 0 amide bonds. The summed E-state index contributed by atoms with van der Waals surface area (Å²) in [6.07, 6.45) is 6.85. The topological polar surface area (TPSA) is 29.9 Å². The lowest BCUT2D eigenvalue weighted by atomic mass is 10.1. The maximum absolute atomic E-state index is 13.5. The molecule has 3 rings (SSSR count). The van der Waals surface area contributed by atoms with Crippen LogP contribution in [0.3, 0.4) is 0 Å². The van der Waals surface area contributed by atoms with Gasteiger partial charge in [0.1, 0.15) is 5.82 Å². The van der Waals surface area contributed by atoms with E-state index in [-0.39, 0.29) is 5.82 Å². The van der Waals surface area contributed by atoms with E-state index in [9.17, 15) is 4.39 Å². The van der Waals surface area contributed by atoms with Crippen LogP contribution >= 0.6 is 0 Å². The van der Waals surface area contributed by atoms with Gasteiger partial charge < -0.3 is 9.88 Å². The van der Waals surface area contributed by atoms with Gasteiger partial charge in [0.2, 0.25) is 5.95 Å². The molecule has 1 aromatic carbocycles. The second-order valence-electron chi connectivity index (χ2n) is 4.70. The molecule has 0 radical (unpaired) electrons. The summed E-state index contributed by atoms with van der Waals surface area (Å²) in [5, 5.41) is 3.37. The molecule has 1 aliphatic rings. The minimum Gasteiger partial charge on any atom is -0.353 e. The standard InChI is InChI=1S/C14H16FN3/c15-13-4-2-1-3-11(13)7-9-18-10-8-16-14(18)17-12-5-6-12/h1-4,8,10,12H,5-7,9H2,(H,16,17). The Morgan fingerprint density at radius 2 is 2.17 bits per heavy atom. The molecule has 0 unspecified atom stereocenters. The SMILES string of the molecule is Fc1ccccc1CCn1ccnc1NC1CC1. The third-order valence-electron chi connectivity index (χ3n) is 3.21. The fraction of sp³-hybridized carbons (Fsp3) is 0.357. The first-order valence-electron chi connectivity index (χ1n) is 6.34. The Hall–Kier alpha value is -1.84. The smallest absolute Gasteiger partial charge is 0.202 e. The Balaban J connectivity index is 1.66. The van der Waals surface area contributed by atoms with Crippen molar-refractivity contribution in [3.05, 3.63) is 48.0 Å². The fourth-order valence-electron chi connectivity index (χ4n) is 1.98. The predicted molar refractivity (Wildman–Crippen MR) is 69.0 cm³/mol. The summed E-state index contributed by atoms with van der Waals surface area (Å²) in [4.78, 5) is 4.29. The van der Waals surface area contributed by atoms with Crippen molar-refractivity contribution >= 4 is 5.95 Å². The quantitative estimate of drug-likeness (QED) is 0.877. The van der Waals surface area contributed by atoms with Crippen LogP contribution in [0, 0.1) is 5.82 Å². The molecule has 0 atom stereocenters. The van der Waals surface area contributed by atoms with Gasteiger partial charge in [0.05, 0.1) is 0 Å². The molecule has 1 saturated carbocycles. The van der Waals surface area contributed by atoms with Crippen molar-refractivity contribution in [2.75, 3.05) is 5.32 Å². The highest BCUT2D eigenvalue weighted by Crippen LogP contribution is 2.23. The highest BCUT2D eigenvalue weighted by Gasteiger charge is 2.22. The molecule has 0 aliphatic heterocycles. The molecule has 2 aromatic rings. The van der Waals surface area contributed by atoms with E-state index in [1.165, 1.54) is 18.9 Å². The maximum Gasteiger partial charge on any atom is 0.202 e. The number of nitrogens with zero attached hydrogens (tertiary/aromatic N) is 2. The summed E-state index contributed by atoms with van der Waals surface area (Å²) in [7, 11) is 0. The molecule has 1 fully saturated rings. The zero-order valence-corrected chi connectivity index (χ0v) is 10.1. The second-order valence-corrected chi connectivity index (χ2v) is 4.70. The van der Waals surface area contributed by atoms with E-state index in [0.29, 0.717) is 12.5 Å². The molecule has 1 aliphatic carbocycles. The monoisotopic (exact) mass is 245 g/mol. The largest absolute Gasteiger partial charge is 0.353 e. The lowest BCUT2D eigenvalue weighted by Gasteiger charge is -2.09. The third kappa shape index (κ3) is 2.53. The summed E-state index contributed by atoms with van der Waals surface area (Å²) in [5.74, 6) is 0.767. The van der Waals surface area contributed by atoms with E-state index < -0.39 is 0 Å². The highest BCUT2D eigenvalue weighted by atomic mass is 19.1. The number of hydrogen-bond donors (Lipinski definition) is 1. The van der Waals surface area contributed by atoms with E-state index in [1.54, 1.807) is 12.3 Å². The molecular weight excluding hydrogens is 229 g/mol. The van der Waals surface area contributed by atoms with Gasteiger partial charge in [-0.3, -0.25) is 0 Å². The first kappa shape index (κ1) is 11.3. The average Bonchev–Trinajstić information content (AvgIpc) is 3.07. The lowest BCUT2D eigenvalue weighted by molar-refractivity contribution is 0.594. The maximum atomic E-state index is 13.5. The van der Waals surface area contributed by atoms with Gasteiger partial charge in [-0.05, 0) is 30.9 Å². The van der Waals surface area contributed by atoms with Crippen molar-refractivity contribution in [2.45, 2.75) is 31.8 Å². The number of benzene rings is 1. The van der Waals surface area contributed by atoms with Crippen LogP contribution in [0.15, 0.2) is 36.7 Å². The minimum atomic E-state index is -0.130. The molecule has 0 spiro atoms. The lowest BCUT2D eigenvalue weighted by Crippen LogP contribution is -2.10. The summed E-state index contributed by atoms with van der Waals surface area (Å²) in [6.45, 7) is 0.746. The van der Waals surface area contributed by atoms with Gasteiger partial charge in [-0.1, -0.05) is 18.2 Å². The number of hydrogen-bond acceptors (Lipinski definition) is 2. The number of nitrogens with one attached hydrogen (secondary N) is 1. The molecule has 3 nitrogen and oxygen atoms in total. The Morgan fingerprint density at radius 1 is 1.33 bits per heavy atom. The number of aryl methyl sites for hydroxylation is 2. The summed E-state index contributed by atoms with van der Waals surface area (Å²) in [6, 6.07) is 7.51. The molecule has 1 N–H and O–H groups in total. The number of rotatable bonds is 5. The van der Waals surface area contributed by atoms with E-state index >= 15 is 0 Å². The van der Waals surface area contributed by atoms with Crippen LogP contribution in [-0.4, -0.2) is 15.6 Å². The molecule has 1 aromatic heterocycles. The fourth-order valence-corrected chi connectivity index (χ4v) is 1.98. The van der Waals surface area contributed by atoms with Crippen LogP contribution in [0.5, 0.6) is 0 Å².